The van der Waals surface area contributed by atoms with Gasteiger partial charge in [0.1, 0.15) is 18.3 Å². The van der Waals surface area contributed by atoms with Crippen LogP contribution in [0.15, 0.2) is 77.7 Å². The van der Waals surface area contributed by atoms with Gasteiger partial charge in [-0.2, -0.15) is 0 Å². The van der Waals surface area contributed by atoms with Gasteiger partial charge in [-0.1, -0.05) is 62.2 Å². The van der Waals surface area contributed by atoms with E-state index in [2.05, 4.69) is 5.32 Å². The molecule has 9 heteroatoms. The number of nitrogens with one attached hydrogen (secondary N) is 1. The minimum Gasteiger partial charge on any atom is -0.494 e. The maximum Gasteiger partial charge on any atom is 0.264 e. The number of ether oxygens (including phenoxy) is 1. The zero-order valence-corrected chi connectivity index (χ0v) is 26.1. The van der Waals surface area contributed by atoms with E-state index in [0.29, 0.717) is 31.0 Å². The standard InChI is InChI=1S/C33H43N3O5S/c1-6-9-22-34-33(38)31(7-2)35(23-27-13-11-10-12-26(27)5)32(37)24-36(28-16-18-29(19-17-28)41-8-3)42(39,40)30-20-14-25(4)15-21-30/h10-21,31H,6-9,22-24H2,1-5H3,(H,34,38). The van der Waals surface area contributed by atoms with E-state index in [1.54, 1.807) is 36.4 Å². The summed E-state index contributed by atoms with van der Waals surface area (Å²) < 4.78 is 34.7. The van der Waals surface area contributed by atoms with Crippen LogP contribution in [0.5, 0.6) is 5.75 Å². The molecule has 0 aliphatic carbocycles. The molecule has 0 radical (unpaired) electrons. The lowest BCUT2D eigenvalue weighted by molar-refractivity contribution is -0.140. The van der Waals surface area contributed by atoms with E-state index in [-0.39, 0.29) is 17.3 Å². The number of aryl methyl sites for hydroxylation is 2. The average molecular weight is 594 g/mol. The van der Waals surface area contributed by atoms with Gasteiger partial charge in [0.25, 0.3) is 10.0 Å². The summed E-state index contributed by atoms with van der Waals surface area (Å²) in [5.74, 6) is -0.126. The van der Waals surface area contributed by atoms with Crippen molar-refractivity contribution in [3.63, 3.8) is 0 Å². The van der Waals surface area contributed by atoms with Crippen LogP contribution in [0.2, 0.25) is 0 Å². The summed E-state index contributed by atoms with van der Waals surface area (Å²) in [6.45, 7) is 10.3. The largest absolute Gasteiger partial charge is 0.494 e. The van der Waals surface area contributed by atoms with Crippen LogP contribution >= 0.6 is 0 Å². The molecule has 0 bridgehead atoms. The second-order valence-electron chi connectivity index (χ2n) is 10.3. The van der Waals surface area contributed by atoms with Crippen LogP contribution in [0.4, 0.5) is 5.69 Å². The molecule has 226 valence electrons. The molecule has 0 aromatic heterocycles. The Morgan fingerprint density at radius 2 is 1.57 bits per heavy atom. The van der Waals surface area contributed by atoms with Gasteiger partial charge in [0.2, 0.25) is 11.8 Å². The van der Waals surface area contributed by atoms with Crippen LogP contribution in [0, 0.1) is 13.8 Å². The minimum absolute atomic E-state index is 0.0737. The number of carbonyl (C=O) groups excluding carboxylic acids is 2. The van der Waals surface area contributed by atoms with Crippen molar-refractivity contribution in [3.05, 3.63) is 89.5 Å². The molecule has 3 rings (SSSR count). The molecular weight excluding hydrogens is 550 g/mol. The summed E-state index contributed by atoms with van der Waals surface area (Å²) in [7, 11) is -4.13. The average Bonchev–Trinajstić information content (AvgIpc) is 2.97. The van der Waals surface area contributed by atoms with Crippen molar-refractivity contribution in [2.45, 2.75) is 71.4 Å². The third-order valence-corrected chi connectivity index (χ3v) is 8.93. The third kappa shape index (κ3) is 8.35. The number of rotatable bonds is 15. The fourth-order valence-electron chi connectivity index (χ4n) is 4.64. The van der Waals surface area contributed by atoms with Gasteiger partial charge in [-0.15, -0.1) is 0 Å². The summed E-state index contributed by atoms with van der Waals surface area (Å²) in [5, 5.41) is 2.96. The summed E-state index contributed by atoms with van der Waals surface area (Å²) in [6, 6.07) is 20.1. The highest BCUT2D eigenvalue weighted by molar-refractivity contribution is 7.92. The lowest BCUT2D eigenvalue weighted by Gasteiger charge is -2.33. The first-order chi connectivity index (χ1) is 20.1. The lowest BCUT2D eigenvalue weighted by atomic mass is 10.1. The molecule has 0 fully saturated rings. The Morgan fingerprint density at radius 1 is 0.905 bits per heavy atom. The van der Waals surface area contributed by atoms with E-state index in [9.17, 15) is 18.0 Å². The number of amides is 2. The number of benzene rings is 3. The zero-order valence-electron chi connectivity index (χ0n) is 25.3. The molecular formula is C33H43N3O5S. The smallest absolute Gasteiger partial charge is 0.264 e. The van der Waals surface area contributed by atoms with Crippen LogP contribution in [0.1, 0.15) is 56.7 Å². The number of sulfonamides is 1. The Kier molecular flexibility index (Phi) is 12.0. The van der Waals surface area contributed by atoms with Gasteiger partial charge < -0.3 is 15.0 Å². The van der Waals surface area contributed by atoms with Crippen molar-refractivity contribution in [2.24, 2.45) is 0 Å². The Morgan fingerprint density at radius 3 is 2.17 bits per heavy atom. The van der Waals surface area contributed by atoms with Gasteiger partial charge >= 0.3 is 0 Å². The molecule has 0 aliphatic heterocycles. The first-order valence-electron chi connectivity index (χ1n) is 14.6. The van der Waals surface area contributed by atoms with Crippen LogP contribution < -0.4 is 14.4 Å². The monoisotopic (exact) mass is 593 g/mol. The van der Waals surface area contributed by atoms with Gasteiger partial charge in [-0.25, -0.2) is 8.42 Å². The van der Waals surface area contributed by atoms with Gasteiger partial charge in [-0.05, 0) is 81.1 Å². The first kappa shape index (κ1) is 32.7. The van der Waals surface area contributed by atoms with Crippen LogP contribution in [-0.2, 0) is 26.2 Å². The summed E-state index contributed by atoms with van der Waals surface area (Å²) >= 11 is 0. The number of nitrogens with zero attached hydrogens (tertiary/aromatic N) is 2. The number of carbonyl (C=O) groups is 2. The fraction of sp³-hybridized carbons (Fsp3) is 0.394. The van der Waals surface area contributed by atoms with E-state index >= 15 is 0 Å². The Balaban J connectivity index is 2.05. The van der Waals surface area contributed by atoms with Crippen molar-refractivity contribution in [3.8, 4) is 5.75 Å². The first-order valence-corrected chi connectivity index (χ1v) is 16.0. The highest BCUT2D eigenvalue weighted by Gasteiger charge is 2.33. The highest BCUT2D eigenvalue weighted by Crippen LogP contribution is 2.27. The summed E-state index contributed by atoms with van der Waals surface area (Å²) in [5.41, 5.74) is 3.11. The topological polar surface area (TPSA) is 96.0 Å². The number of hydrogen-bond donors (Lipinski definition) is 1. The molecule has 42 heavy (non-hydrogen) atoms. The predicted molar refractivity (Wildman–Crippen MR) is 167 cm³/mol. The molecule has 0 spiro atoms. The molecule has 2 amide bonds. The van der Waals surface area contributed by atoms with E-state index in [1.807, 2.05) is 58.9 Å². The number of hydrogen-bond acceptors (Lipinski definition) is 5. The summed E-state index contributed by atoms with van der Waals surface area (Å²) in [4.78, 5) is 29.1. The van der Waals surface area contributed by atoms with Crippen LogP contribution in [0.3, 0.4) is 0 Å². The van der Waals surface area contributed by atoms with Crippen molar-refractivity contribution >= 4 is 27.5 Å². The van der Waals surface area contributed by atoms with Gasteiger partial charge in [0, 0.05) is 13.1 Å². The molecule has 0 aliphatic rings. The normalized spacial score (nSPS) is 11.9. The second-order valence-corrected chi connectivity index (χ2v) is 12.1. The molecule has 3 aromatic carbocycles. The third-order valence-electron chi connectivity index (χ3n) is 7.14. The van der Waals surface area contributed by atoms with E-state index in [4.69, 9.17) is 4.74 Å². The zero-order chi connectivity index (χ0) is 30.7. The lowest BCUT2D eigenvalue weighted by Crippen LogP contribution is -2.52. The van der Waals surface area contributed by atoms with Gasteiger partial charge in [-0.3, -0.25) is 13.9 Å². The molecule has 1 unspecified atom stereocenters. The maximum absolute atomic E-state index is 14.2. The molecule has 0 heterocycles. The second kappa shape index (κ2) is 15.4. The molecule has 1 N–H and O–H groups in total. The highest BCUT2D eigenvalue weighted by atomic mass is 32.2. The quantitative estimate of drug-likeness (QED) is 0.231. The maximum atomic E-state index is 14.2. The number of unbranched alkanes of at least 4 members (excludes halogenated alkanes) is 1. The van der Waals surface area contributed by atoms with E-state index in [0.717, 1.165) is 33.8 Å². The fourth-order valence-corrected chi connectivity index (χ4v) is 6.05. The minimum atomic E-state index is -4.13. The van der Waals surface area contributed by atoms with Crippen LogP contribution in [0.25, 0.3) is 0 Å². The molecule has 0 saturated carbocycles. The van der Waals surface area contributed by atoms with E-state index in [1.165, 1.54) is 17.0 Å². The van der Waals surface area contributed by atoms with Crippen molar-refractivity contribution in [2.75, 3.05) is 24.0 Å². The predicted octanol–water partition coefficient (Wildman–Crippen LogP) is 5.62. The molecule has 1 atom stereocenters. The Hall–Kier alpha value is -3.85. The summed E-state index contributed by atoms with van der Waals surface area (Å²) in [6.07, 6.45) is 2.13. The van der Waals surface area contributed by atoms with E-state index < -0.39 is 28.5 Å². The van der Waals surface area contributed by atoms with Crippen LogP contribution in [-0.4, -0.2) is 50.9 Å². The molecule has 8 nitrogen and oxygen atoms in total. The number of anilines is 1. The van der Waals surface area contributed by atoms with Crippen molar-refractivity contribution < 1.29 is 22.7 Å². The SMILES string of the molecule is CCCCNC(=O)C(CC)N(Cc1ccccc1C)C(=O)CN(c1ccc(OCC)cc1)S(=O)(=O)c1ccc(C)cc1. The Labute approximate surface area is 250 Å². The molecule has 3 aromatic rings. The molecule has 0 saturated heterocycles. The van der Waals surface area contributed by atoms with Gasteiger partial charge in [0.15, 0.2) is 0 Å². The van der Waals surface area contributed by atoms with Crippen molar-refractivity contribution in [1.82, 2.24) is 10.2 Å². The van der Waals surface area contributed by atoms with Gasteiger partial charge in [0.05, 0.1) is 17.2 Å². The Bertz CT molecular complexity index is 1420. The van der Waals surface area contributed by atoms with Crippen molar-refractivity contribution in [1.29, 1.82) is 0 Å².